The van der Waals surface area contributed by atoms with Crippen molar-refractivity contribution in [1.29, 1.82) is 0 Å². The zero-order chi connectivity index (χ0) is 26.6. The molecule has 2 fully saturated rings. The summed E-state index contributed by atoms with van der Waals surface area (Å²) in [6, 6.07) is 5.74. The third-order valence-corrected chi connectivity index (χ3v) is 6.89. The molecule has 0 aliphatic carbocycles. The van der Waals surface area contributed by atoms with E-state index in [1.165, 1.54) is 22.7 Å². The standard InChI is InChI=1S/C23H30F3N7O3S/c1-37-28-20-4-5-33(27-20)22(36)32-12-8-29(9-13-32)15-17-2-3-18(23(24,25)26)19(14-17)31-10-6-30(7-11-31)16-21(34)35/h2-5,14H,6-13,15-16H2,1H3,(H,27,28)(H,34,35). The number of piperazine rings is 2. The SMILES string of the molecule is CSNc1ccn(C(=O)N2CCN(Cc3ccc(C(F)(F)F)c(N4CCN(CC(=O)O)CC4)c3)CC2)n1. The Kier molecular flexibility index (Phi) is 8.49. The highest BCUT2D eigenvalue weighted by atomic mass is 32.2. The fourth-order valence-corrected chi connectivity index (χ4v) is 4.92. The fraction of sp³-hybridized carbons (Fsp3) is 0.522. The van der Waals surface area contributed by atoms with Gasteiger partial charge in [-0.2, -0.15) is 17.9 Å². The zero-order valence-electron chi connectivity index (χ0n) is 20.4. The summed E-state index contributed by atoms with van der Waals surface area (Å²) in [7, 11) is 0. The number of aromatic nitrogens is 2. The van der Waals surface area contributed by atoms with E-state index in [1.807, 2.05) is 6.26 Å². The summed E-state index contributed by atoms with van der Waals surface area (Å²) in [5.41, 5.74) is 0.200. The molecule has 0 atom stereocenters. The van der Waals surface area contributed by atoms with Gasteiger partial charge in [0.2, 0.25) is 0 Å². The molecule has 0 spiro atoms. The number of carboxylic acid groups (broad SMARTS) is 1. The number of halogens is 3. The molecule has 1 amide bonds. The molecule has 4 rings (SSSR count). The van der Waals surface area contributed by atoms with Crippen molar-refractivity contribution in [2.45, 2.75) is 12.7 Å². The highest BCUT2D eigenvalue weighted by Gasteiger charge is 2.36. The number of alkyl halides is 3. The van der Waals surface area contributed by atoms with Gasteiger partial charge in [-0.3, -0.25) is 14.6 Å². The quantitative estimate of drug-likeness (QED) is 0.513. The van der Waals surface area contributed by atoms with Gasteiger partial charge in [-0.25, -0.2) is 4.79 Å². The van der Waals surface area contributed by atoms with Crippen LogP contribution < -0.4 is 9.62 Å². The summed E-state index contributed by atoms with van der Waals surface area (Å²) in [4.78, 5) is 30.9. The Hall–Kier alpha value is -2.97. The molecule has 10 nitrogen and oxygen atoms in total. The van der Waals surface area contributed by atoms with Gasteiger partial charge >= 0.3 is 18.2 Å². The second-order valence-electron chi connectivity index (χ2n) is 9.00. The number of rotatable bonds is 7. The molecule has 2 N–H and O–H groups in total. The highest BCUT2D eigenvalue weighted by molar-refractivity contribution is 7.99. The number of nitrogens with zero attached hydrogens (tertiary/aromatic N) is 6. The first-order chi connectivity index (χ1) is 17.6. The Morgan fingerprint density at radius 3 is 2.32 bits per heavy atom. The van der Waals surface area contributed by atoms with E-state index >= 15 is 0 Å². The van der Waals surface area contributed by atoms with E-state index in [9.17, 15) is 22.8 Å². The van der Waals surface area contributed by atoms with Crippen molar-refractivity contribution in [3.63, 3.8) is 0 Å². The average molecular weight is 542 g/mol. The van der Waals surface area contributed by atoms with Crippen LogP contribution in [0.15, 0.2) is 30.5 Å². The smallest absolute Gasteiger partial charge is 0.418 e. The number of hydrogen-bond acceptors (Lipinski definition) is 8. The van der Waals surface area contributed by atoms with Crippen LogP contribution in [0, 0.1) is 0 Å². The van der Waals surface area contributed by atoms with Gasteiger partial charge in [0.15, 0.2) is 5.82 Å². The lowest BCUT2D eigenvalue weighted by atomic mass is 10.1. The third kappa shape index (κ3) is 6.87. The van der Waals surface area contributed by atoms with Crippen molar-refractivity contribution in [1.82, 2.24) is 24.5 Å². The van der Waals surface area contributed by atoms with Crippen molar-refractivity contribution in [3.05, 3.63) is 41.6 Å². The van der Waals surface area contributed by atoms with Gasteiger partial charge in [0.25, 0.3) is 0 Å². The van der Waals surface area contributed by atoms with Gasteiger partial charge in [0, 0.05) is 83.1 Å². The van der Waals surface area contributed by atoms with Gasteiger partial charge in [-0.05, 0) is 17.7 Å². The molecule has 2 saturated heterocycles. The molecule has 202 valence electrons. The lowest BCUT2D eigenvalue weighted by molar-refractivity contribution is -0.138. The minimum Gasteiger partial charge on any atom is -0.480 e. The Balaban J connectivity index is 1.38. The molecule has 0 bridgehead atoms. The molecule has 14 heteroatoms. The van der Waals surface area contributed by atoms with E-state index in [0.29, 0.717) is 64.7 Å². The molecule has 2 aliphatic heterocycles. The number of carbonyl (C=O) groups excluding carboxylic acids is 1. The van der Waals surface area contributed by atoms with Crippen molar-refractivity contribution in [2.24, 2.45) is 0 Å². The van der Waals surface area contributed by atoms with Crippen LogP contribution in [0.4, 0.5) is 29.5 Å². The van der Waals surface area contributed by atoms with Gasteiger partial charge in [-0.1, -0.05) is 18.0 Å². The summed E-state index contributed by atoms with van der Waals surface area (Å²) in [6.07, 6.45) is -1.02. The van der Waals surface area contributed by atoms with E-state index in [4.69, 9.17) is 5.11 Å². The lowest BCUT2D eigenvalue weighted by Gasteiger charge is -2.37. The molecule has 0 unspecified atom stereocenters. The normalized spacial score (nSPS) is 17.7. The molecule has 37 heavy (non-hydrogen) atoms. The Labute approximate surface area is 217 Å². The van der Waals surface area contributed by atoms with Crippen LogP contribution in [0.3, 0.4) is 0 Å². The van der Waals surface area contributed by atoms with Crippen molar-refractivity contribution < 1.29 is 27.9 Å². The number of hydrogen-bond donors (Lipinski definition) is 2. The Bertz CT molecular complexity index is 1100. The maximum absolute atomic E-state index is 13.8. The lowest BCUT2D eigenvalue weighted by Crippen LogP contribution is -2.49. The van der Waals surface area contributed by atoms with Crippen LogP contribution in [-0.4, -0.2) is 107 Å². The molecular formula is C23H30F3N7O3S. The van der Waals surface area contributed by atoms with Crippen molar-refractivity contribution in [3.8, 4) is 0 Å². The number of aliphatic carboxylic acids is 1. The largest absolute Gasteiger partial charge is 0.480 e. The molecule has 1 aromatic heterocycles. The first-order valence-electron chi connectivity index (χ1n) is 11.9. The highest BCUT2D eigenvalue weighted by Crippen LogP contribution is 2.37. The van der Waals surface area contributed by atoms with E-state index in [2.05, 4.69) is 14.7 Å². The summed E-state index contributed by atoms with van der Waals surface area (Å²) in [5, 5.41) is 13.2. The molecule has 2 aliphatic rings. The van der Waals surface area contributed by atoms with E-state index in [-0.39, 0.29) is 18.3 Å². The summed E-state index contributed by atoms with van der Waals surface area (Å²) < 4.78 is 45.6. The maximum Gasteiger partial charge on any atom is 0.418 e. The number of benzene rings is 1. The van der Waals surface area contributed by atoms with Gasteiger partial charge in [0.1, 0.15) is 0 Å². The summed E-state index contributed by atoms with van der Waals surface area (Å²) in [5.74, 6) is -0.351. The van der Waals surface area contributed by atoms with Crippen LogP contribution in [0.25, 0.3) is 0 Å². The van der Waals surface area contributed by atoms with Crippen LogP contribution in [0.2, 0.25) is 0 Å². The van der Waals surface area contributed by atoms with E-state index in [0.717, 1.165) is 11.6 Å². The first-order valence-corrected chi connectivity index (χ1v) is 13.1. The fourth-order valence-electron chi connectivity index (χ4n) is 4.60. The Morgan fingerprint density at radius 2 is 1.70 bits per heavy atom. The second-order valence-corrected chi connectivity index (χ2v) is 9.62. The van der Waals surface area contributed by atoms with E-state index in [1.54, 1.807) is 33.0 Å². The van der Waals surface area contributed by atoms with Crippen LogP contribution in [-0.2, 0) is 17.5 Å². The molecule has 2 aromatic rings. The minimum absolute atomic E-state index is 0.120. The summed E-state index contributed by atoms with van der Waals surface area (Å²) >= 11 is 1.38. The number of carboxylic acids is 1. The van der Waals surface area contributed by atoms with E-state index < -0.39 is 17.7 Å². The third-order valence-electron chi connectivity index (χ3n) is 6.48. The zero-order valence-corrected chi connectivity index (χ0v) is 21.3. The van der Waals surface area contributed by atoms with Gasteiger partial charge in [0.05, 0.1) is 12.1 Å². The number of nitrogens with one attached hydrogen (secondary N) is 1. The van der Waals surface area contributed by atoms with Crippen molar-refractivity contribution in [2.75, 3.05) is 74.8 Å². The molecule has 0 radical (unpaired) electrons. The van der Waals surface area contributed by atoms with Crippen LogP contribution in [0.5, 0.6) is 0 Å². The van der Waals surface area contributed by atoms with Gasteiger partial charge < -0.3 is 19.6 Å². The average Bonchev–Trinajstić information content (AvgIpc) is 3.32. The predicted octanol–water partition coefficient (Wildman–Crippen LogP) is 2.58. The van der Waals surface area contributed by atoms with Crippen molar-refractivity contribution >= 4 is 35.5 Å². The maximum atomic E-state index is 13.8. The second kappa shape index (κ2) is 11.6. The summed E-state index contributed by atoms with van der Waals surface area (Å²) in [6.45, 7) is 3.92. The topological polar surface area (TPSA) is 97.2 Å². The Morgan fingerprint density at radius 1 is 1.03 bits per heavy atom. The molecular weight excluding hydrogens is 511 g/mol. The molecule has 3 heterocycles. The van der Waals surface area contributed by atoms with Crippen LogP contribution >= 0.6 is 11.9 Å². The van der Waals surface area contributed by atoms with Crippen LogP contribution in [0.1, 0.15) is 11.1 Å². The number of amides is 1. The van der Waals surface area contributed by atoms with Gasteiger partial charge in [-0.15, -0.1) is 5.10 Å². The molecule has 1 aromatic carbocycles. The molecule has 0 saturated carbocycles. The predicted molar refractivity (Wildman–Crippen MR) is 135 cm³/mol. The number of carbonyl (C=O) groups is 2. The first kappa shape index (κ1) is 27.1. The minimum atomic E-state index is -4.49. The number of anilines is 2. The monoisotopic (exact) mass is 541 g/mol.